The summed E-state index contributed by atoms with van der Waals surface area (Å²) in [5.74, 6) is 1.65. The summed E-state index contributed by atoms with van der Waals surface area (Å²) in [6.07, 6.45) is 0. The van der Waals surface area contributed by atoms with E-state index in [1.165, 1.54) is 0 Å². The summed E-state index contributed by atoms with van der Waals surface area (Å²) in [6.45, 7) is 2.77. The van der Waals surface area contributed by atoms with Gasteiger partial charge in [-0.1, -0.05) is 0 Å². The summed E-state index contributed by atoms with van der Waals surface area (Å²) in [6, 6.07) is 4.11. The Kier molecular flexibility index (Phi) is 1.92. The molecule has 1 aromatic heterocycles. The molecule has 1 N–H and O–H groups in total. The summed E-state index contributed by atoms with van der Waals surface area (Å²) in [5, 5.41) is 3.23. The van der Waals surface area contributed by atoms with Gasteiger partial charge in [0.25, 0.3) is 0 Å². The quantitative estimate of drug-likeness (QED) is 0.691. The SMILES string of the molecule is CC1COc2ccc(Br)nc2N1. The molecule has 0 aromatic carbocycles. The lowest BCUT2D eigenvalue weighted by atomic mass is 10.3. The molecule has 2 rings (SSSR count). The molecule has 0 bridgehead atoms. The normalized spacial score (nSPS) is 20.7. The Balaban J connectivity index is 2.37. The fourth-order valence-electron chi connectivity index (χ4n) is 1.13. The van der Waals surface area contributed by atoms with Crippen LogP contribution in [-0.2, 0) is 0 Å². The summed E-state index contributed by atoms with van der Waals surface area (Å²) >= 11 is 3.30. The third kappa shape index (κ3) is 1.39. The molecular weight excluding hydrogens is 220 g/mol. The van der Waals surface area contributed by atoms with Gasteiger partial charge in [-0.2, -0.15) is 0 Å². The smallest absolute Gasteiger partial charge is 0.170 e. The minimum absolute atomic E-state index is 0.333. The van der Waals surface area contributed by atoms with Crippen LogP contribution in [0.5, 0.6) is 5.75 Å². The number of halogens is 1. The van der Waals surface area contributed by atoms with E-state index in [9.17, 15) is 0 Å². The molecule has 0 fully saturated rings. The predicted molar refractivity (Wildman–Crippen MR) is 50.5 cm³/mol. The first-order valence-electron chi connectivity index (χ1n) is 3.81. The second-order valence-electron chi connectivity index (χ2n) is 2.84. The first-order valence-corrected chi connectivity index (χ1v) is 4.61. The lowest BCUT2D eigenvalue weighted by Gasteiger charge is -2.23. The van der Waals surface area contributed by atoms with Crippen molar-refractivity contribution in [2.24, 2.45) is 0 Å². The van der Waals surface area contributed by atoms with Crippen LogP contribution in [0.3, 0.4) is 0 Å². The molecule has 0 radical (unpaired) electrons. The average molecular weight is 229 g/mol. The van der Waals surface area contributed by atoms with Gasteiger partial charge in [0.05, 0.1) is 6.04 Å². The zero-order valence-corrected chi connectivity index (χ0v) is 8.26. The molecule has 4 heteroatoms. The number of fused-ring (bicyclic) bond motifs is 1. The first-order chi connectivity index (χ1) is 5.75. The predicted octanol–water partition coefficient (Wildman–Crippen LogP) is 2.04. The van der Waals surface area contributed by atoms with Gasteiger partial charge >= 0.3 is 0 Å². The van der Waals surface area contributed by atoms with Crippen LogP contribution >= 0.6 is 15.9 Å². The maximum Gasteiger partial charge on any atom is 0.170 e. The van der Waals surface area contributed by atoms with Crippen LogP contribution in [0.2, 0.25) is 0 Å². The molecular formula is C8H9BrN2O. The van der Waals surface area contributed by atoms with E-state index in [0.29, 0.717) is 12.6 Å². The van der Waals surface area contributed by atoms with E-state index < -0.39 is 0 Å². The molecule has 64 valence electrons. The molecule has 0 saturated carbocycles. The van der Waals surface area contributed by atoms with Crippen molar-refractivity contribution in [2.45, 2.75) is 13.0 Å². The van der Waals surface area contributed by atoms with E-state index in [-0.39, 0.29) is 0 Å². The third-order valence-electron chi connectivity index (χ3n) is 1.70. The van der Waals surface area contributed by atoms with Gasteiger partial charge in [-0.25, -0.2) is 4.98 Å². The highest BCUT2D eigenvalue weighted by Gasteiger charge is 2.15. The number of hydrogen-bond acceptors (Lipinski definition) is 3. The molecule has 0 aliphatic carbocycles. The maximum absolute atomic E-state index is 5.44. The van der Waals surface area contributed by atoms with Crippen LogP contribution in [0.1, 0.15) is 6.92 Å². The maximum atomic E-state index is 5.44. The zero-order chi connectivity index (χ0) is 8.55. The van der Waals surface area contributed by atoms with Crippen LogP contribution in [0, 0.1) is 0 Å². The molecule has 1 atom stereocenters. The van der Waals surface area contributed by atoms with Crippen LogP contribution in [-0.4, -0.2) is 17.6 Å². The highest BCUT2D eigenvalue weighted by Crippen LogP contribution is 2.27. The van der Waals surface area contributed by atoms with Crippen molar-refractivity contribution in [3.8, 4) is 5.75 Å². The zero-order valence-electron chi connectivity index (χ0n) is 6.67. The van der Waals surface area contributed by atoms with Gasteiger partial charge in [0.15, 0.2) is 11.6 Å². The summed E-state index contributed by atoms with van der Waals surface area (Å²) in [7, 11) is 0. The Morgan fingerprint density at radius 1 is 1.67 bits per heavy atom. The summed E-state index contributed by atoms with van der Waals surface area (Å²) in [4.78, 5) is 4.24. The molecule has 1 aliphatic heterocycles. The van der Waals surface area contributed by atoms with Crippen molar-refractivity contribution in [3.05, 3.63) is 16.7 Å². The molecule has 3 nitrogen and oxygen atoms in total. The highest BCUT2D eigenvalue weighted by atomic mass is 79.9. The minimum atomic E-state index is 0.333. The van der Waals surface area contributed by atoms with E-state index >= 15 is 0 Å². The molecule has 0 spiro atoms. The van der Waals surface area contributed by atoms with E-state index in [0.717, 1.165) is 16.2 Å². The number of hydrogen-bond donors (Lipinski definition) is 1. The molecule has 0 amide bonds. The molecule has 1 aliphatic rings. The second-order valence-corrected chi connectivity index (χ2v) is 3.65. The van der Waals surface area contributed by atoms with Gasteiger partial charge in [0.1, 0.15) is 11.2 Å². The van der Waals surface area contributed by atoms with Crippen molar-refractivity contribution >= 4 is 21.7 Å². The Hall–Kier alpha value is -0.770. The van der Waals surface area contributed by atoms with Crippen molar-refractivity contribution < 1.29 is 4.74 Å². The van der Waals surface area contributed by atoms with E-state index in [4.69, 9.17) is 4.74 Å². The average Bonchev–Trinajstić information content (AvgIpc) is 2.03. The first kappa shape index (κ1) is 7.86. The highest BCUT2D eigenvalue weighted by molar-refractivity contribution is 9.10. The van der Waals surface area contributed by atoms with Crippen molar-refractivity contribution in [2.75, 3.05) is 11.9 Å². The summed E-state index contributed by atoms with van der Waals surface area (Å²) < 4.78 is 6.27. The van der Waals surface area contributed by atoms with Gasteiger partial charge in [0.2, 0.25) is 0 Å². The lowest BCUT2D eigenvalue weighted by molar-refractivity contribution is 0.290. The van der Waals surface area contributed by atoms with Gasteiger partial charge in [0, 0.05) is 0 Å². The number of ether oxygens (including phenoxy) is 1. The van der Waals surface area contributed by atoms with E-state index in [2.05, 4.69) is 33.2 Å². The van der Waals surface area contributed by atoms with E-state index in [1.807, 2.05) is 12.1 Å². The van der Waals surface area contributed by atoms with Crippen LogP contribution in [0.4, 0.5) is 5.82 Å². The molecule has 1 unspecified atom stereocenters. The van der Waals surface area contributed by atoms with Crippen LogP contribution in [0.15, 0.2) is 16.7 Å². The number of aromatic nitrogens is 1. The Bertz CT molecular complexity index is 303. The summed E-state index contributed by atoms with van der Waals surface area (Å²) in [5.41, 5.74) is 0. The van der Waals surface area contributed by atoms with Crippen molar-refractivity contribution in [1.29, 1.82) is 0 Å². The fraction of sp³-hybridized carbons (Fsp3) is 0.375. The van der Waals surface area contributed by atoms with E-state index in [1.54, 1.807) is 0 Å². The van der Waals surface area contributed by atoms with Crippen LogP contribution in [0.25, 0.3) is 0 Å². The molecule has 12 heavy (non-hydrogen) atoms. The van der Waals surface area contributed by atoms with Crippen molar-refractivity contribution in [1.82, 2.24) is 4.98 Å². The fourth-order valence-corrected chi connectivity index (χ4v) is 1.44. The number of pyridine rings is 1. The third-order valence-corrected chi connectivity index (χ3v) is 2.14. The molecule has 2 heterocycles. The number of nitrogens with one attached hydrogen (secondary N) is 1. The van der Waals surface area contributed by atoms with Crippen molar-refractivity contribution in [3.63, 3.8) is 0 Å². The molecule has 0 saturated heterocycles. The van der Waals surface area contributed by atoms with Gasteiger partial charge in [-0.05, 0) is 35.0 Å². The van der Waals surface area contributed by atoms with Gasteiger partial charge in [-0.3, -0.25) is 0 Å². The monoisotopic (exact) mass is 228 g/mol. The lowest BCUT2D eigenvalue weighted by Crippen LogP contribution is -2.28. The largest absolute Gasteiger partial charge is 0.488 e. The van der Waals surface area contributed by atoms with Gasteiger partial charge < -0.3 is 10.1 Å². The number of rotatable bonds is 0. The van der Waals surface area contributed by atoms with Crippen LogP contribution < -0.4 is 10.1 Å². The standard InChI is InChI=1S/C8H9BrN2O/c1-5-4-12-6-2-3-7(9)11-8(6)10-5/h2-3,5H,4H2,1H3,(H,10,11). The van der Waals surface area contributed by atoms with Gasteiger partial charge in [-0.15, -0.1) is 0 Å². The Morgan fingerprint density at radius 3 is 3.33 bits per heavy atom. The topological polar surface area (TPSA) is 34.1 Å². The minimum Gasteiger partial charge on any atom is -0.488 e. The molecule has 1 aromatic rings. The second kappa shape index (κ2) is 2.94. The number of anilines is 1. The Labute approximate surface area is 79.3 Å². The Morgan fingerprint density at radius 2 is 2.50 bits per heavy atom. The number of nitrogens with zero attached hydrogens (tertiary/aromatic N) is 1.